The van der Waals surface area contributed by atoms with E-state index >= 15 is 0 Å². The monoisotopic (exact) mass is 540 g/mol. The molecule has 2 aliphatic heterocycles. The van der Waals surface area contributed by atoms with Crippen LogP contribution in [0.4, 0.5) is 5.82 Å². The third kappa shape index (κ3) is 3.80. The molecule has 0 spiro atoms. The second-order valence-corrected chi connectivity index (χ2v) is 10.9. The van der Waals surface area contributed by atoms with Gasteiger partial charge >= 0.3 is 0 Å². The molecule has 39 heavy (non-hydrogen) atoms. The van der Waals surface area contributed by atoms with Crippen molar-refractivity contribution in [1.82, 2.24) is 44.6 Å². The van der Waals surface area contributed by atoms with Gasteiger partial charge in [-0.25, -0.2) is 15.0 Å². The van der Waals surface area contributed by atoms with Gasteiger partial charge in [0.05, 0.1) is 23.1 Å². The fraction of sp³-hybridized carbons (Fsp3) is 0.308. The lowest BCUT2D eigenvalue weighted by molar-refractivity contribution is 0.0556. The Morgan fingerprint density at radius 1 is 1.10 bits per heavy atom. The summed E-state index contributed by atoms with van der Waals surface area (Å²) in [6.07, 6.45) is 9.73. The Bertz CT molecular complexity index is 1680. The average molecular weight is 541 g/mol. The zero-order valence-electron chi connectivity index (χ0n) is 21.0. The van der Waals surface area contributed by atoms with Crippen molar-refractivity contribution in [3.8, 4) is 21.8 Å². The van der Waals surface area contributed by atoms with Crippen LogP contribution in [0.1, 0.15) is 65.2 Å². The average Bonchev–Trinajstić information content (AvgIpc) is 3.75. The van der Waals surface area contributed by atoms with Crippen molar-refractivity contribution in [2.75, 3.05) is 5.73 Å². The summed E-state index contributed by atoms with van der Waals surface area (Å²) in [4.78, 5) is 45.9. The summed E-state index contributed by atoms with van der Waals surface area (Å²) in [5, 5.41) is 13.7. The molecule has 13 heteroatoms. The molecule has 0 saturated carbocycles. The van der Waals surface area contributed by atoms with Gasteiger partial charge in [-0.15, -0.1) is 11.3 Å². The largest absolute Gasteiger partial charge is 0.383 e. The van der Waals surface area contributed by atoms with Crippen molar-refractivity contribution >= 4 is 34.5 Å². The van der Waals surface area contributed by atoms with E-state index in [-0.39, 0.29) is 41.3 Å². The predicted molar refractivity (Wildman–Crippen MR) is 143 cm³/mol. The standard InChI is InChI=1S/C26H24N10O2S/c1-13(37)20-21(15-8-16-3-4-17(9-15)35(16)26(38)23-30-12-31-34-23)33-24-18(11-32-36(24)22(20)27)14-2-5-19(29-10-14)25-28-6-7-39-25/h2,5-7,10-12,15-17H,3-4,8-9,27H2,1H3,(H,30,31,34). The van der Waals surface area contributed by atoms with Crippen molar-refractivity contribution in [3.05, 3.63) is 59.5 Å². The Hall–Kier alpha value is -4.52. The van der Waals surface area contributed by atoms with Gasteiger partial charge in [-0.2, -0.15) is 14.7 Å². The number of amides is 1. The van der Waals surface area contributed by atoms with Crippen molar-refractivity contribution in [2.45, 2.75) is 50.6 Å². The minimum absolute atomic E-state index is 0.0254. The summed E-state index contributed by atoms with van der Waals surface area (Å²) >= 11 is 1.53. The molecule has 7 heterocycles. The topological polar surface area (TPSA) is 161 Å². The highest BCUT2D eigenvalue weighted by Gasteiger charge is 2.45. The minimum atomic E-state index is -0.157. The third-order valence-electron chi connectivity index (χ3n) is 7.76. The van der Waals surface area contributed by atoms with Crippen LogP contribution in [-0.4, -0.2) is 68.4 Å². The van der Waals surface area contributed by atoms with Crippen LogP contribution < -0.4 is 5.73 Å². The molecule has 2 saturated heterocycles. The van der Waals surface area contributed by atoms with Crippen molar-refractivity contribution in [1.29, 1.82) is 0 Å². The van der Waals surface area contributed by atoms with E-state index in [0.29, 0.717) is 29.7 Å². The number of anilines is 1. The van der Waals surface area contributed by atoms with E-state index in [1.807, 2.05) is 22.4 Å². The summed E-state index contributed by atoms with van der Waals surface area (Å²) in [5.74, 6) is 0.196. The number of piperidine rings is 1. The summed E-state index contributed by atoms with van der Waals surface area (Å²) in [6.45, 7) is 1.51. The van der Waals surface area contributed by atoms with Crippen LogP contribution in [0.3, 0.4) is 0 Å². The second kappa shape index (κ2) is 9.05. The number of fused-ring (bicyclic) bond motifs is 3. The number of hydrogen-bond donors (Lipinski definition) is 2. The van der Waals surface area contributed by atoms with E-state index < -0.39 is 0 Å². The number of thiazole rings is 1. The molecule has 5 aromatic rings. The molecule has 2 atom stereocenters. The maximum atomic E-state index is 13.1. The Labute approximate surface area is 226 Å². The number of hydrogen-bond acceptors (Lipinski definition) is 10. The molecule has 2 fully saturated rings. The molecule has 2 bridgehead atoms. The predicted octanol–water partition coefficient (Wildman–Crippen LogP) is 3.37. The maximum absolute atomic E-state index is 13.1. The quantitative estimate of drug-likeness (QED) is 0.318. The molecule has 0 aliphatic carbocycles. The first-order valence-corrected chi connectivity index (χ1v) is 13.6. The van der Waals surface area contributed by atoms with E-state index in [1.54, 1.807) is 18.6 Å². The summed E-state index contributed by atoms with van der Waals surface area (Å²) < 4.78 is 1.53. The molecule has 2 unspecified atom stereocenters. The lowest BCUT2D eigenvalue weighted by Gasteiger charge is -2.38. The zero-order chi connectivity index (χ0) is 26.7. The number of carbonyl (C=O) groups is 2. The number of aromatic amines is 1. The van der Waals surface area contributed by atoms with Gasteiger partial charge in [-0.3, -0.25) is 19.7 Å². The van der Waals surface area contributed by atoms with Crippen LogP contribution >= 0.6 is 11.3 Å². The highest BCUT2D eigenvalue weighted by Crippen LogP contribution is 2.45. The number of nitrogens with zero attached hydrogens (tertiary/aromatic N) is 8. The molecule has 196 valence electrons. The van der Waals surface area contributed by atoms with E-state index in [4.69, 9.17) is 10.7 Å². The van der Waals surface area contributed by atoms with Gasteiger partial charge in [0.1, 0.15) is 17.2 Å². The molecular weight excluding hydrogens is 516 g/mol. The Balaban J connectivity index is 1.27. The molecular formula is C26H24N10O2S. The van der Waals surface area contributed by atoms with Crippen LogP contribution in [-0.2, 0) is 0 Å². The molecule has 3 N–H and O–H groups in total. The van der Waals surface area contributed by atoms with Gasteiger partial charge < -0.3 is 10.6 Å². The number of Topliss-reactive ketones (excluding diaryl/α,β-unsaturated/α-hetero) is 1. The van der Waals surface area contributed by atoms with Gasteiger partial charge in [-0.05, 0) is 38.7 Å². The fourth-order valence-corrected chi connectivity index (χ4v) is 6.70. The van der Waals surface area contributed by atoms with Gasteiger partial charge in [0.15, 0.2) is 11.4 Å². The smallest absolute Gasteiger partial charge is 0.291 e. The number of H-pyrrole nitrogens is 1. The molecule has 12 nitrogen and oxygen atoms in total. The first-order valence-electron chi connectivity index (χ1n) is 12.7. The van der Waals surface area contributed by atoms with Crippen molar-refractivity contribution in [3.63, 3.8) is 0 Å². The fourth-order valence-electron chi connectivity index (χ4n) is 6.09. The number of aromatic nitrogens is 8. The number of carbonyl (C=O) groups excluding carboxylic acids is 2. The third-order valence-corrected chi connectivity index (χ3v) is 8.56. The number of pyridine rings is 1. The highest BCUT2D eigenvalue weighted by atomic mass is 32.1. The minimum Gasteiger partial charge on any atom is -0.383 e. The first kappa shape index (κ1) is 23.6. The molecule has 0 radical (unpaired) electrons. The summed E-state index contributed by atoms with van der Waals surface area (Å²) in [7, 11) is 0. The SMILES string of the molecule is CC(=O)c1c(C2CC3CCC(C2)N3C(=O)c2ncn[nH]2)nc2c(-c3ccc(-c4nccs4)nc3)cnn2c1N. The molecule has 7 rings (SSSR count). The second-order valence-electron chi connectivity index (χ2n) is 9.98. The molecule has 2 aliphatic rings. The number of nitrogens with two attached hydrogens (primary N) is 1. The summed E-state index contributed by atoms with van der Waals surface area (Å²) in [5.41, 5.74) is 10.6. The number of nitrogens with one attached hydrogen (secondary N) is 1. The Morgan fingerprint density at radius 2 is 1.92 bits per heavy atom. The van der Waals surface area contributed by atoms with Crippen molar-refractivity contribution < 1.29 is 9.59 Å². The maximum Gasteiger partial charge on any atom is 0.291 e. The zero-order valence-corrected chi connectivity index (χ0v) is 21.8. The number of ketones is 1. The van der Waals surface area contributed by atoms with Crippen LogP contribution in [0.5, 0.6) is 0 Å². The van der Waals surface area contributed by atoms with Crippen LogP contribution in [0.25, 0.3) is 27.5 Å². The number of nitrogen functional groups attached to an aromatic ring is 1. The molecule has 0 aromatic carbocycles. The lowest BCUT2D eigenvalue weighted by atomic mass is 9.85. The molecule has 1 amide bonds. The van der Waals surface area contributed by atoms with E-state index in [0.717, 1.165) is 34.7 Å². The molecule has 5 aromatic heterocycles. The Kier molecular flexibility index (Phi) is 5.47. The van der Waals surface area contributed by atoms with Gasteiger partial charge in [0.2, 0.25) is 5.82 Å². The van der Waals surface area contributed by atoms with Crippen molar-refractivity contribution in [2.24, 2.45) is 0 Å². The van der Waals surface area contributed by atoms with Crippen LogP contribution in [0, 0.1) is 0 Å². The van der Waals surface area contributed by atoms with Crippen LogP contribution in [0.2, 0.25) is 0 Å². The van der Waals surface area contributed by atoms with Gasteiger partial charge in [0, 0.05) is 46.9 Å². The Morgan fingerprint density at radius 3 is 2.56 bits per heavy atom. The van der Waals surface area contributed by atoms with E-state index in [2.05, 4.69) is 30.2 Å². The van der Waals surface area contributed by atoms with Gasteiger partial charge in [-0.1, -0.05) is 6.07 Å². The van der Waals surface area contributed by atoms with Crippen LogP contribution in [0.15, 0.2) is 42.4 Å². The highest BCUT2D eigenvalue weighted by molar-refractivity contribution is 7.13. The number of rotatable bonds is 5. The van der Waals surface area contributed by atoms with E-state index in [1.165, 1.54) is 29.1 Å². The normalized spacial score (nSPS) is 20.5. The lowest BCUT2D eigenvalue weighted by Crippen LogP contribution is -2.46. The van der Waals surface area contributed by atoms with E-state index in [9.17, 15) is 9.59 Å². The summed E-state index contributed by atoms with van der Waals surface area (Å²) in [6, 6.07) is 3.94. The first-order chi connectivity index (χ1) is 19.0. The van der Waals surface area contributed by atoms with Gasteiger partial charge in [0.25, 0.3) is 5.91 Å².